The van der Waals surface area contributed by atoms with Gasteiger partial charge in [-0.05, 0) is 42.5 Å². The van der Waals surface area contributed by atoms with Crippen LogP contribution in [0.25, 0.3) is 0 Å². The smallest absolute Gasteiger partial charge is 0.333 e. The quantitative estimate of drug-likeness (QED) is 0.182. The minimum Gasteiger partial charge on any atom is -0.459 e. The maximum atomic E-state index is 13.5. The van der Waals surface area contributed by atoms with Gasteiger partial charge >= 0.3 is 5.97 Å². The molecule has 0 aliphatic heterocycles. The van der Waals surface area contributed by atoms with E-state index in [0.717, 1.165) is 24.1 Å². The lowest BCUT2D eigenvalue weighted by molar-refractivity contribution is -0.153. The van der Waals surface area contributed by atoms with Gasteiger partial charge in [0, 0.05) is 12.2 Å². The zero-order valence-corrected chi connectivity index (χ0v) is 22.1. The molecule has 2 aromatic carbocycles. The van der Waals surface area contributed by atoms with Gasteiger partial charge in [-0.2, -0.15) is 0 Å². The first kappa shape index (κ1) is 27.2. The Balaban J connectivity index is 1.71. The highest BCUT2D eigenvalue weighted by Crippen LogP contribution is 2.31. The molecule has 0 saturated carbocycles. The number of anilines is 1. The summed E-state index contributed by atoms with van der Waals surface area (Å²) in [6.07, 6.45) is 1.30. The van der Waals surface area contributed by atoms with Crippen molar-refractivity contribution in [1.82, 2.24) is 5.32 Å². The summed E-state index contributed by atoms with van der Waals surface area (Å²) in [5.74, 6) is -0.368. The first-order chi connectivity index (χ1) is 16.9. The molecule has 0 aliphatic rings. The number of halogens is 2. The van der Waals surface area contributed by atoms with Crippen LogP contribution in [0.15, 0.2) is 66.7 Å². The van der Waals surface area contributed by atoms with Crippen LogP contribution in [-0.2, 0) is 9.53 Å². The lowest BCUT2D eigenvalue weighted by atomic mass is 9.96. The lowest BCUT2D eigenvalue weighted by Crippen LogP contribution is -2.40. The van der Waals surface area contributed by atoms with E-state index in [0.29, 0.717) is 20.8 Å². The number of nitrogens with one attached hydrogen (secondary N) is 2. The van der Waals surface area contributed by atoms with E-state index in [-0.39, 0.29) is 24.2 Å². The molecule has 0 amide bonds. The Kier molecular flexibility index (Phi) is 10.6. The molecule has 3 aromatic rings. The summed E-state index contributed by atoms with van der Waals surface area (Å²) in [5.41, 5.74) is 2.05. The summed E-state index contributed by atoms with van der Waals surface area (Å²) in [4.78, 5) is 26.0. The van der Waals surface area contributed by atoms with Gasteiger partial charge in [-0.1, -0.05) is 85.6 Å². The van der Waals surface area contributed by atoms with E-state index in [9.17, 15) is 9.59 Å². The SMILES string of the molecule is CCC(CC)[C@H](CNCC(=O)c1cc(Cl)sc1Cl)OC(=O)[C@H](Nc1ccccc1)c1ccccc1. The molecule has 1 heterocycles. The molecule has 0 aliphatic carbocycles. The Morgan fingerprint density at radius 2 is 1.60 bits per heavy atom. The molecule has 0 radical (unpaired) electrons. The van der Waals surface area contributed by atoms with Gasteiger partial charge in [-0.15, -0.1) is 11.3 Å². The van der Waals surface area contributed by atoms with Crippen LogP contribution in [-0.4, -0.2) is 30.9 Å². The molecule has 0 unspecified atom stereocenters. The molecule has 5 nitrogen and oxygen atoms in total. The van der Waals surface area contributed by atoms with Crippen molar-refractivity contribution in [3.8, 4) is 0 Å². The Hall–Kier alpha value is -2.38. The van der Waals surface area contributed by atoms with E-state index >= 15 is 0 Å². The number of carbonyl (C=O) groups excluding carboxylic acids is 2. The number of ketones is 1. The fourth-order valence-electron chi connectivity index (χ4n) is 3.91. The van der Waals surface area contributed by atoms with E-state index < -0.39 is 12.1 Å². The number of hydrogen-bond donors (Lipinski definition) is 2. The number of hydrogen-bond acceptors (Lipinski definition) is 6. The van der Waals surface area contributed by atoms with Crippen molar-refractivity contribution in [3.05, 3.63) is 86.5 Å². The van der Waals surface area contributed by atoms with Crippen molar-refractivity contribution >= 4 is 52.0 Å². The zero-order chi connectivity index (χ0) is 25.2. The third-order valence-corrected chi connectivity index (χ3v) is 7.37. The summed E-state index contributed by atoms with van der Waals surface area (Å²) < 4.78 is 6.93. The van der Waals surface area contributed by atoms with E-state index in [1.807, 2.05) is 60.7 Å². The van der Waals surface area contributed by atoms with Gasteiger partial charge in [0.15, 0.2) is 11.8 Å². The first-order valence-electron chi connectivity index (χ1n) is 11.7. The Morgan fingerprint density at radius 3 is 2.17 bits per heavy atom. The molecule has 0 saturated heterocycles. The zero-order valence-electron chi connectivity index (χ0n) is 19.8. The second-order valence-electron chi connectivity index (χ2n) is 8.20. The van der Waals surface area contributed by atoms with Gasteiger partial charge < -0.3 is 15.4 Å². The Morgan fingerprint density at radius 1 is 0.971 bits per heavy atom. The summed E-state index contributed by atoms with van der Waals surface area (Å²) in [7, 11) is 0. The number of esters is 1. The molecule has 0 fully saturated rings. The van der Waals surface area contributed by atoms with E-state index in [1.165, 1.54) is 11.3 Å². The molecular formula is C27H30Cl2N2O3S. The van der Waals surface area contributed by atoms with E-state index in [1.54, 1.807) is 6.07 Å². The lowest BCUT2D eigenvalue weighted by Gasteiger charge is -2.28. The average Bonchev–Trinajstić information content (AvgIpc) is 3.22. The van der Waals surface area contributed by atoms with Crippen molar-refractivity contribution < 1.29 is 14.3 Å². The van der Waals surface area contributed by atoms with Gasteiger partial charge in [-0.25, -0.2) is 4.79 Å². The van der Waals surface area contributed by atoms with Crippen LogP contribution >= 0.6 is 34.5 Å². The van der Waals surface area contributed by atoms with Gasteiger partial charge in [0.1, 0.15) is 10.4 Å². The molecule has 1 aromatic heterocycles. The topological polar surface area (TPSA) is 67.4 Å². The number of para-hydroxylation sites is 1. The fourth-order valence-corrected chi connectivity index (χ4v) is 5.41. The van der Waals surface area contributed by atoms with Gasteiger partial charge in [0.25, 0.3) is 0 Å². The van der Waals surface area contributed by atoms with Crippen LogP contribution in [0.1, 0.15) is 48.7 Å². The van der Waals surface area contributed by atoms with Crippen molar-refractivity contribution in [2.75, 3.05) is 18.4 Å². The van der Waals surface area contributed by atoms with Crippen molar-refractivity contribution in [2.24, 2.45) is 5.92 Å². The number of ether oxygens (including phenoxy) is 1. The highest BCUT2D eigenvalue weighted by atomic mass is 35.5. The maximum absolute atomic E-state index is 13.5. The fraction of sp³-hybridized carbons (Fsp3) is 0.333. The number of rotatable bonds is 13. The average molecular weight is 534 g/mol. The third kappa shape index (κ3) is 7.80. The van der Waals surface area contributed by atoms with Gasteiger partial charge in [0.05, 0.1) is 16.4 Å². The number of Topliss-reactive ketones (excluding diaryl/α,β-unsaturated/α-hetero) is 1. The predicted molar refractivity (Wildman–Crippen MR) is 145 cm³/mol. The molecule has 3 rings (SSSR count). The number of carbonyl (C=O) groups is 2. The molecular weight excluding hydrogens is 503 g/mol. The maximum Gasteiger partial charge on any atom is 0.333 e. The Bertz CT molecular complexity index is 1090. The molecule has 0 spiro atoms. The monoisotopic (exact) mass is 532 g/mol. The molecule has 186 valence electrons. The minimum atomic E-state index is -0.663. The highest BCUT2D eigenvalue weighted by Gasteiger charge is 2.29. The van der Waals surface area contributed by atoms with Crippen LogP contribution in [0, 0.1) is 5.92 Å². The number of thiophene rings is 1. The van der Waals surface area contributed by atoms with Crippen LogP contribution in [0.5, 0.6) is 0 Å². The van der Waals surface area contributed by atoms with E-state index in [2.05, 4.69) is 24.5 Å². The standard InChI is InChI=1S/C27H30Cl2N2O3S/c1-3-18(4-2)23(17-30-16-22(32)21-15-24(28)35-26(21)29)34-27(33)25(19-11-7-5-8-12-19)31-20-13-9-6-10-14-20/h5-15,18,23,25,30-31H,3-4,16-17H2,1-2H3/t23-,25+/m0/s1. The van der Waals surface area contributed by atoms with Crippen LogP contribution in [0.4, 0.5) is 5.69 Å². The normalized spacial score (nSPS) is 12.8. The van der Waals surface area contributed by atoms with Crippen LogP contribution in [0.2, 0.25) is 8.67 Å². The van der Waals surface area contributed by atoms with Crippen molar-refractivity contribution in [3.63, 3.8) is 0 Å². The van der Waals surface area contributed by atoms with Gasteiger partial charge in [0.2, 0.25) is 0 Å². The largest absolute Gasteiger partial charge is 0.459 e. The van der Waals surface area contributed by atoms with Crippen LogP contribution < -0.4 is 10.6 Å². The third-order valence-electron chi connectivity index (χ3n) is 5.88. The number of benzene rings is 2. The highest BCUT2D eigenvalue weighted by molar-refractivity contribution is 7.20. The van der Waals surface area contributed by atoms with Crippen molar-refractivity contribution in [2.45, 2.75) is 38.8 Å². The second kappa shape index (κ2) is 13.6. The summed E-state index contributed by atoms with van der Waals surface area (Å²) in [6.45, 7) is 4.58. The van der Waals surface area contributed by atoms with Crippen molar-refractivity contribution in [1.29, 1.82) is 0 Å². The summed E-state index contributed by atoms with van der Waals surface area (Å²) >= 11 is 13.2. The summed E-state index contributed by atoms with van der Waals surface area (Å²) in [6, 6.07) is 20.0. The van der Waals surface area contributed by atoms with Gasteiger partial charge in [-0.3, -0.25) is 4.79 Å². The molecule has 35 heavy (non-hydrogen) atoms. The summed E-state index contributed by atoms with van der Waals surface area (Å²) in [5, 5.41) is 6.46. The predicted octanol–water partition coefficient (Wildman–Crippen LogP) is 7.03. The molecule has 2 N–H and O–H groups in total. The minimum absolute atomic E-state index is 0.0748. The molecule has 0 bridgehead atoms. The van der Waals surface area contributed by atoms with Crippen LogP contribution in [0.3, 0.4) is 0 Å². The second-order valence-corrected chi connectivity index (χ2v) is 10.5. The molecule has 2 atom stereocenters. The first-order valence-corrected chi connectivity index (χ1v) is 13.3. The Labute approximate surface area is 220 Å². The molecule has 8 heteroatoms. The van der Waals surface area contributed by atoms with E-state index in [4.69, 9.17) is 27.9 Å².